The fourth-order valence-electron chi connectivity index (χ4n) is 2.30. The predicted octanol–water partition coefficient (Wildman–Crippen LogP) is 1.99. The molecule has 1 aromatic heterocycles. The maximum Gasteiger partial charge on any atom is 0.401 e. The summed E-state index contributed by atoms with van der Waals surface area (Å²) < 4.78 is 41.6. The SMILES string of the molecule is Cc1cc(NC(=O)NCC2CCN(CC(F)(F)F)C2)no1. The van der Waals surface area contributed by atoms with E-state index in [0.29, 0.717) is 37.6 Å². The smallest absolute Gasteiger partial charge is 0.360 e. The first-order valence-corrected chi connectivity index (χ1v) is 6.59. The monoisotopic (exact) mass is 306 g/mol. The van der Waals surface area contributed by atoms with E-state index in [1.54, 1.807) is 13.0 Å². The Morgan fingerprint density at radius 3 is 2.95 bits per heavy atom. The molecule has 0 aliphatic carbocycles. The van der Waals surface area contributed by atoms with Gasteiger partial charge in [0.05, 0.1) is 6.54 Å². The third kappa shape index (κ3) is 5.25. The molecule has 2 amide bonds. The Balaban J connectivity index is 1.68. The molecule has 1 saturated heterocycles. The van der Waals surface area contributed by atoms with Crippen LogP contribution in [-0.4, -0.2) is 48.4 Å². The number of hydrogen-bond acceptors (Lipinski definition) is 4. The molecule has 2 rings (SSSR count). The van der Waals surface area contributed by atoms with Crippen LogP contribution in [0.5, 0.6) is 0 Å². The lowest BCUT2D eigenvalue weighted by atomic mass is 10.1. The Hall–Kier alpha value is -1.77. The van der Waals surface area contributed by atoms with Crippen molar-refractivity contribution in [2.24, 2.45) is 5.92 Å². The number of carbonyl (C=O) groups is 1. The van der Waals surface area contributed by atoms with Gasteiger partial charge in [0, 0.05) is 19.2 Å². The minimum atomic E-state index is -4.18. The molecule has 1 aromatic rings. The molecule has 2 heterocycles. The van der Waals surface area contributed by atoms with Crippen LogP contribution in [0.3, 0.4) is 0 Å². The van der Waals surface area contributed by atoms with Crippen molar-refractivity contribution >= 4 is 11.8 Å². The van der Waals surface area contributed by atoms with Gasteiger partial charge in [-0.05, 0) is 25.8 Å². The fourth-order valence-corrected chi connectivity index (χ4v) is 2.30. The fraction of sp³-hybridized carbons (Fsp3) is 0.667. The molecule has 1 aliphatic rings. The van der Waals surface area contributed by atoms with Crippen molar-refractivity contribution in [3.8, 4) is 0 Å². The Labute approximate surface area is 119 Å². The molecule has 6 nitrogen and oxygen atoms in total. The van der Waals surface area contributed by atoms with E-state index < -0.39 is 18.8 Å². The molecule has 2 N–H and O–H groups in total. The Bertz CT molecular complexity index is 489. The quantitative estimate of drug-likeness (QED) is 0.892. The first-order valence-electron chi connectivity index (χ1n) is 6.59. The number of aryl methyl sites for hydroxylation is 1. The zero-order valence-corrected chi connectivity index (χ0v) is 11.5. The van der Waals surface area contributed by atoms with E-state index in [9.17, 15) is 18.0 Å². The average molecular weight is 306 g/mol. The van der Waals surface area contributed by atoms with Crippen molar-refractivity contribution in [2.45, 2.75) is 19.5 Å². The summed E-state index contributed by atoms with van der Waals surface area (Å²) in [5, 5.41) is 8.72. The van der Waals surface area contributed by atoms with Gasteiger partial charge in [0.15, 0.2) is 5.82 Å². The van der Waals surface area contributed by atoms with Gasteiger partial charge in [-0.1, -0.05) is 5.16 Å². The van der Waals surface area contributed by atoms with Gasteiger partial charge in [-0.15, -0.1) is 0 Å². The van der Waals surface area contributed by atoms with E-state index in [1.807, 2.05) is 0 Å². The van der Waals surface area contributed by atoms with Crippen LogP contribution in [0.4, 0.5) is 23.8 Å². The lowest BCUT2D eigenvalue weighted by Gasteiger charge is -2.17. The molecule has 0 spiro atoms. The molecule has 1 fully saturated rings. The minimum absolute atomic E-state index is 0.0251. The molecule has 0 saturated carbocycles. The second kappa shape index (κ2) is 6.33. The number of aromatic nitrogens is 1. The second-order valence-electron chi connectivity index (χ2n) is 5.16. The minimum Gasteiger partial charge on any atom is -0.360 e. The van der Waals surface area contributed by atoms with E-state index in [0.717, 1.165) is 0 Å². The van der Waals surface area contributed by atoms with Crippen LogP contribution < -0.4 is 10.6 Å². The van der Waals surface area contributed by atoms with Crippen LogP contribution in [0.15, 0.2) is 10.6 Å². The molecule has 21 heavy (non-hydrogen) atoms. The molecule has 0 aromatic carbocycles. The van der Waals surface area contributed by atoms with E-state index in [2.05, 4.69) is 15.8 Å². The number of nitrogens with one attached hydrogen (secondary N) is 2. The third-order valence-corrected chi connectivity index (χ3v) is 3.19. The number of nitrogens with zero attached hydrogens (tertiary/aromatic N) is 2. The maximum atomic E-state index is 12.3. The van der Waals surface area contributed by atoms with Crippen molar-refractivity contribution in [1.29, 1.82) is 0 Å². The van der Waals surface area contributed by atoms with Gasteiger partial charge >= 0.3 is 12.2 Å². The molecule has 118 valence electrons. The lowest BCUT2D eigenvalue weighted by molar-refractivity contribution is -0.143. The van der Waals surface area contributed by atoms with Gasteiger partial charge in [-0.3, -0.25) is 10.2 Å². The number of carbonyl (C=O) groups excluding carboxylic acids is 1. The summed E-state index contributed by atoms with van der Waals surface area (Å²) in [7, 11) is 0. The van der Waals surface area contributed by atoms with Gasteiger partial charge in [0.1, 0.15) is 5.76 Å². The summed E-state index contributed by atoms with van der Waals surface area (Å²) in [5.74, 6) is 0.899. The number of halogens is 3. The number of anilines is 1. The predicted molar refractivity (Wildman–Crippen MR) is 68.9 cm³/mol. The summed E-state index contributed by atoms with van der Waals surface area (Å²) in [6, 6.07) is 1.12. The number of alkyl halides is 3. The lowest BCUT2D eigenvalue weighted by Crippen LogP contribution is -2.36. The summed E-state index contributed by atoms with van der Waals surface area (Å²) in [6.07, 6.45) is -3.54. The largest absolute Gasteiger partial charge is 0.401 e. The number of rotatable bonds is 4. The van der Waals surface area contributed by atoms with Crippen LogP contribution in [0.1, 0.15) is 12.2 Å². The zero-order valence-electron chi connectivity index (χ0n) is 11.5. The molecule has 0 radical (unpaired) electrons. The first kappa shape index (κ1) is 15.6. The van der Waals surface area contributed by atoms with Crippen LogP contribution in [0.25, 0.3) is 0 Å². The van der Waals surface area contributed by atoms with E-state index in [1.165, 1.54) is 4.90 Å². The van der Waals surface area contributed by atoms with Crippen LogP contribution in [0.2, 0.25) is 0 Å². The van der Waals surface area contributed by atoms with Gasteiger partial charge in [-0.25, -0.2) is 4.79 Å². The van der Waals surface area contributed by atoms with Crippen molar-refractivity contribution in [2.75, 3.05) is 31.5 Å². The van der Waals surface area contributed by atoms with Gasteiger partial charge in [-0.2, -0.15) is 13.2 Å². The van der Waals surface area contributed by atoms with Gasteiger partial charge < -0.3 is 9.84 Å². The van der Waals surface area contributed by atoms with Crippen LogP contribution in [0, 0.1) is 12.8 Å². The highest BCUT2D eigenvalue weighted by Gasteiger charge is 2.34. The Morgan fingerprint density at radius 2 is 2.33 bits per heavy atom. The molecular formula is C12H17F3N4O2. The molecule has 0 bridgehead atoms. The highest BCUT2D eigenvalue weighted by molar-refractivity contribution is 5.88. The van der Waals surface area contributed by atoms with Crippen LogP contribution in [-0.2, 0) is 0 Å². The topological polar surface area (TPSA) is 70.4 Å². The van der Waals surface area contributed by atoms with Crippen molar-refractivity contribution < 1.29 is 22.5 Å². The summed E-state index contributed by atoms with van der Waals surface area (Å²) >= 11 is 0. The van der Waals surface area contributed by atoms with E-state index >= 15 is 0 Å². The summed E-state index contributed by atoms with van der Waals surface area (Å²) in [5.41, 5.74) is 0. The normalized spacial score (nSPS) is 19.7. The maximum absolute atomic E-state index is 12.3. The van der Waals surface area contributed by atoms with Crippen molar-refractivity contribution in [3.63, 3.8) is 0 Å². The number of urea groups is 1. The Morgan fingerprint density at radius 1 is 1.57 bits per heavy atom. The van der Waals surface area contributed by atoms with Crippen molar-refractivity contribution in [1.82, 2.24) is 15.4 Å². The second-order valence-corrected chi connectivity index (χ2v) is 5.16. The van der Waals surface area contributed by atoms with Gasteiger partial charge in [0.2, 0.25) is 0 Å². The Kier molecular flexibility index (Phi) is 4.71. The summed E-state index contributed by atoms with van der Waals surface area (Å²) in [6.45, 7) is 1.87. The number of amides is 2. The van der Waals surface area contributed by atoms with E-state index in [4.69, 9.17) is 4.52 Å². The summed E-state index contributed by atoms with van der Waals surface area (Å²) in [4.78, 5) is 12.9. The zero-order chi connectivity index (χ0) is 15.5. The van der Waals surface area contributed by atoms with Gasteiger partial charge in [0.25, 0.3) is 0 Å². The highest BCUT2D eigenvalue weighted by Crippen LogP contribution is 2.22. The molecule has 1 atom stereocenters. The molecule has 9 heteroatoms. The molecule has 1 aliphatic heterocycles. The van der Waals surface area contributed by atoms with Crippen LogP contribution >= 0.6 is 0 Å². The molecular weight excluding hydrogens is 289 g/mol. The average Bonchev–Trinajstić information content (AvgIpc) is 2.94. The van der Waals surface area contributed by atoms with Crippen molar-refractivity contribution in [3.05, 3.63) is 11.8 Å². The molecule has 1 unspecified atom stereocenters. The first-order chi connectivity index (χ1) is 9.82. The number of hydrogen-bond donors (Lipinski definition) is 2. The highest BCUT2D eigenvalue weighted by atomic mass is 19.4. The van der Waals surface area contributed by atoms with E-state index in [-0.39, 0.29) is 5.92 Å². The standard InChI is InChI=1S/C12H17F3N4O2/c1-8-4-10(18-21-8)17-11(20)16-5-9-2-3-19(6-9)7-12(13,14)15/h4,9H,2-3,5-7H2,1H3,(H2,16,17,18,20). The third-order valence-electron chi connectivity index (χ3n) is 3.19. The number of likely N-dealkylation sites (tertiary alicyclic amines) is 1.